The summed E-state index contributed by atoms with van der Waals surface area (Å²) < 4.78 is 5.32. The van der Waals surface area contributed by atoms with Crippen LogP contribution < -0.4 is 10.2 Å². The average molecular weight is 327 g/mol. The van der Waals surface area contributed by atoms with Gasteiger partial charge in [0, 0.05) is 24.7 Å². The molecule has 0 spiro atoms. The van der Waals surface area contributed by atoms with Crippen LogP contribution in [-0.2, 0) is 12.8 Å². The quantitative estimate of drug-likeness (QED) is 0.933. The Hall–Kier alpha value is -2.44. The lowest BCUT2D eigenvalue weighted by Crippen LogP contribution is -2.30. The van der Waals surface area contributed by atoms with Gasteiger partial charge in [0.25, 0.3) is 5.91 Å². The van der Waals surface area contributed by atoms with Crippen molar-refractivity contribution in [3.8, 4) is 0 Å². The molecule has 1 saturated heterocycles. The number of nitrogens with zero attached hydrogens (tertiary/aromatic N) is 4. The molecule has 1 N–H and O–H groups in total. The number of hydrogen-bond donors (Lipinski definition) is 1. The van der Waals surface area contributed by atoms with E-state index >= 15 is 0 Å². The molecule has 1 aliphatic carbocycles. The Morgan fingerprint density at radius 1 is 1.08 bits per heavy atom. The van der Waals surface area contributed by atoms with Gasteiger partial charge in [0.1, 0.15) is 17.8 Å². The van der Waals surface area contributed by atoms with Crippen molar-refractivity contribution in [2.24, 2.45) is 0 Å². The molecule has 0 aromatic carbocycles. The number of carbonyl (C=O) groups is 1. The molecule has 0 bridgehead atoms. The maximum atomic E-state index is 12.5. The Bertz CT molecular complexity index is 736. The molecule has 2 aromatic rings. The molecule has 2 aromatic heterocycles. The van der Waals surface area contributed by atoms with Crippen LogP contribution in [0.3, 0.4) is 0 Å². The molecule has 126 valence electrons. The summed E-state index contributed by atoms with van der Waals surface area (Å²) in [4.78, 5) is 23.2. The zero-order chi connectivity index (χ0) is 16.4. The summed E-state index contributed by atoms with van der Waals surface area (Å²) in [5, 5.41) is 6.88. The fourth-order valence-corrected chi connectivity index (χ4v) is 3.42. The predicted octanol–water partition coefficient (Wildman–Crippen LogP) is 2.59. The summed E-state index contributed by atoms with van der Waals surface area (Å²) in [7, 11) is 0. The van der Waals surface area contributed by atoms with E-state index in [2.05, 4.69) is 25.3 Å². The molecule has 3 heterocycles. The number of aromatic nitrogens is 3. The van der Waals surface area contributed by atoms with Gasteiger partial charge in [-0.25, -0.2) is 9.97 Å². The van der Waals surface area contributed by atoms with E-state index < -0.39 is 0 Å². The lowest BCUT2D eigenvalue weighted by atomic mass is 9.98. The number of anilines is 2. The topological polar surface area (TPSA) is 84.2 Å². The Morgan fingerprint density at radius 3 is 2.79 bits per heavy atom. The zero-order valence-electron chi connectivity index (χ0n) is 13.6. The summed E-state index contributed by atoms with van der Waals surface area (Å²) in [6.07, 6.45) is 9.08. The van der Waals surface area contributed by atoms with Crippen LogP contribution in [0, 0.1) is 0 Å². The first kappa shape index (κ1) is 15.1. The molecule has 0 unspecified atom stereocenters. The van der Waals surface area contributed by atoms with Gasteiger partial charge in [-0.05, 0) is 44.9 Å². The molecule has 24 heavy (non-hydrogen) atoms. The van der Waals surface area contributed by atoms with Crippen LogP contribution in [0.4, 0.5) is 11.7 Å². The van der Waals surface area contributed by atoms with Gasteiger partial charge in [-0.15, -0.1) is 0 Å². The first-order chi connectivity index (χ1) is 11.8. The van der Waals surface area contributed by atoms with Crippen molar-refractivity contribution in [1.82, 2.24) is 15.1 Å². The first-order valence-electron chi connectivity index (χ1n) is 8.67. The molecule has 0 atom stereocenters. The minimum absolute atomic E-state index is 0.278. The summed E-state index contributed by atoms with van der Waals surface area (Å²) in [6, 6.07) is 1.75. The number of fused-ring (bicyclic) bond motifs is 1. The third-order valence-corrected chi connectivity index (χ3v) is 4.75. The monoisotopic (exact) mass is 327 g/mol. The summed E-state index contributed by atoms with van der Waals surface area (Å²) in [5.41, 5.74) is 2.35. The number of nitrogens with one attached hydrogen (secondary N) is 1. The lowest BCUT2D eigenvalue weighted by Gasteiger charge is -2.27. The van der Waals surface area contributed by atoms with Crippen LogP contribution in [0.2, 0.25) is 0 Å². The summed E-state index contributed by atoms with van der Waals surface area (Å²) >= 11 is 0. The number of piperidine rings is 1. The van der Waals surface area contributed by atoms with Gasteiger partial charge in [0.15, 0.2) is 0 Å². The highest BCUT2D eigenvalue weighted by atomic mass is 16.5. The van der Waals surface area contributed by atoms with Crippen molar-refractivity contribution in [3.63, 3.8) is 0 Å². The van der Waals surface area contributed by atoms with E-state index in [9.17, 15) is 4.79 Å². The fraction of sp³-hybridized carbons (Fsp3) is 0.529. The van der Waals surface area contributed by atoms with Gasteiger partial charge in [-0.3, -0.25) is 10.1 Å². The average Bonchev–Trinajstić information content (AvgIpc) is 3.06. The van der Waals surface area contributed by atoms with E-state index in [4.69, 9.17) is 4.52 Å². The van der Waals surface area contributed by atoms with Gasteiger partial charge in [0.05, 0.1) is 5.69 Å². The highest BCUT2D eigenvalue weighted by Crippen LogP contribution is 2.28. The van der Waals surface area contributed by atoms with Gasteiger partial charge in [0.2, 0.25) is 5.88 Å². The van der Waals surface area contributed by atoms with Gasteiger partial charge >= 0.3 is 0 Å². The molecular weight excluding hydrogens is 306 g/mol. The highest BCUT2D eigenvalue weighted by Gasteiger charge is 2.22. The van der Waals surface area contributed by atoms with Gasteiger partial charge in [-0.1, -0.05) is 5.16 Å². The van der Waals surface area contributed by atoms with Crippen LogP contribution in [0.1, 0.15) is 53.8 Å². The maximum Gasteiger partial charge on any atom is 0.276 e. The van der Waals surface area contributed by atoms with Crippen molar-refractivity contribution < 1.29 is 9.32 Å². The van der Waals surface area contributed by atoms with Gasteiger partial charge in [-0.2, -0.15) is 0 Å². The Labute approximate surface area is 140 Å². The van der Waals surface area contributed by atoms with Crippen molar-refractivity contribution in [2.75, 3.05) is 23.3 Å². The molecule has 7 heteroatoms. The molecule has 1 aliphatic heterocycles. The second kappa shape index (κ2) is 6.59. The third-order valence-electron chi connectivity index (χ3n) is 4.75. The number of carbonyl (C=O) groups excluding carboxylic acids is 1. The van der Waals surface area contributed by atoms with Gasteiger partial charge < -0.3 is 9.42 Å². The SMILES string of the molecule is O=C(Nc1onc2c1CCCC2)c1cc(N2CCCCC2)ncn1. The van der Waals surface area contributed by atoms with Crippen LogP contribution in [-0.4, -0.2) is 34.1 Å². The van der Waals surface area contributed by atoms with Crippen LogP contribution in [0.5, 0.6) is 0 Å². The molecule has 0 radical (unpaired) electrons. The number of hydrogen-bond acceptors (Lipinski definition) is 6. The number of rotatable bonds is 3. The van der Waals surface area contributed by atoms with E-state index in [1.807, 2.05) is 0 Å². The maximum absolute atomic E-state index is 12.5. The highest BCUT2D eigenvalue weighted by molar-refractivity contribution is 6.02. The Morgan fingerprint density at radius 2 is 1.92 bits per heavy atom. The minimum Gasteiger partial charge on any atom is -0.357 e. The Balaban J connectivity index is 1.51. The van der Waals surface area contributed by atoms with E-state index in [0.29, 0.717) is 11.6 Å². The molecule has 2 aliphatic rings. The van der Waals surface area contributed by atoms with Crippen molar-refractivity contribution in [2.45, 2.75) is 44.9 Å². The zero-order valence-corrected chi connectivity index (χ0v) is 13.6. The van der Waals surface area contributed by atoms with Crippen molar-refractivity contribution in [1.29, 1.82) is 0 Å². The van der Waals surface area contributed by atoms with Crippen LogP contribution in [0.15, 0.2) is 16.9 Å². The second-order valence-corrected chi connectivity index (χ2v) is 6.41. The van der Waals surface area contributed by atoms with Crippen LogP contribution >= 0.6 is 0 Å². The third kappa shape index (κ3) is 2.98. The van der Waals surface area contributed by atoms with Crippen molar-refractivity contribution in [3.05, 3.63) is 29.3 Å². The van der Waals surface area contributed by atoms with Crippen molar-refractivity contribution >= 4 is 17.6 Å². The largest absolute Gasteiger partial charge is 0.357 e. The first-order valence-corrected chi connectivity index (χ1v) is 8.67. The van der Waals surface area contributed by atoms with E-state index in [1.54, 1.807) is 6.07 Å². The predicted molar refractivity (Wildman–Crippen MR) is 89.2 cm³/mol. The van der Waals surface area contributed by atoms with E-state index in [1.165, 1.54) is 12.7 Å². The molecule has 4 rings (SSSR count). The van der Waals surface area contributed by atoms with E-state index in [-0.39, 0.29) is 5.91 Å². The lowest BCUT2D eigenvalue weighted by molar-refractivity contribution is 0.101. The van der Waals surface area contributed by atoms with Crippen LogP contribution in [0.25, 0.3) is 0 Å². The number of amides is 1. The Kier molecular flexibility index (Phi) is 4.15. The smallest absolute Gasteiger partial charge is 0.276 e. The molecule has 1 fully saturated rings. The van der Waals surface area contributed by atoms with E-state index in [0.717, 1.165) is 68.7 Å². The molecule has 7 nitrogen and oxygen atoms in total. The normalized spacial score (nSPS) is 17.4. The molecular formula is C17H21N5O2. The summed E-state index contributed by atoms with van der Waals surface area (Å²) in [5.74, 6) is 1.00. The minimum atomic E-state index is -0.278. The molecule has 1 amide bonds. The summed E-state index contributed by atoms with van der Waals surface area (Å²) in [6.45, 7) is 1.96. The molecule has 0 saturated carbocycles. The fourth-order valence-electron chi connectivity index (χ4n) is 3.42. The number of aryl methyl sites for hydroxylation is 1. The second-order valence-electron chi connectivity index (χ2n) is 6.41. The standard InChI is InChI=1S/C17H21N5O2/c23-16(20-17-12-6-2-3-7-13(12)21-24-17)14-10-15(19-11-18-14)22-8-4-1-5-9-22/h10-11H,1-9H2,(H,20,23).